The summed E-state index contributed by atoms with van der Waals surface area (Å²) in [6, 6.07) is 2.91. The third-order valence-electron chi connectivity index (χ3n) is 3.38. The molecule has 8 heteroatoms. The van der Waals surface area contributed by atoms with Crippen molar-refractivity contribution in [1.29, 1.82) is 0 Å². The Hall–Kier alpha value is -2.51. The monoisotopic (exact) mass is 295 g/mol. The number of amides is 2. The van der Waals surface area contributed by atoms with Gasteiger partial charge < -0.3 is 10.2 Å². The van der Waals surface area contributed by atoms with Gasteiger partial charge in [-0.3, -0.25) is 19.7 Å². The maximum Gasteiger partial charge on any atom is 0.295 e. The summed E-state index contributed by atoms with van der Waals surface area (Å²) in [4.78, 5) is 35.3. The number of likely N-dealkylation sites (tertiary alicyclic amines) is 1. The zero-order valence-electron chi connectivity index (χ0n) is 11.3. The highest BCUT2D eigenvalue weighted by atomic mass is 19.1. The van der Waals surface area contributed by atoms with Crippen LogP contribution in [0.2, 0.25) is 0 Å². The highest BCUT2D eigenvalue weighted by Crippen LogP contribution is 2.27. The second kappa shape index (κ2) is 5.86. The van der Waals surface area contributed by atoms with E-state index in [2.05, 4.69) is 5.32 Å². The van der Waals surface area contributed by atoms with Crippen molar-refractivity contribution in [1.82, 2.24) is 4.90 Å². The highest BCUT2D eigenvalue weighted by molar-refractivity contribution is 5.98. The van der Waals surface area contributed by atoms with Gasteiger partial charge in [0.15, 0.2) is 0 Å². The number of nitro benzene ring substituents is 1. The quantitative estimate of drug-likeness (QED) is 0.673. The number of hydrogen-bond donors (Lipinski definition) is 1. The highest BCUT2D eigenvalue weighted by Gasteiger charge is 2.34. The van der Waals surface area contributed by atoms with E-state index < -0.39 is 28.3 Å². The number of carbonyl (C=O) groups is 2. The summed E-state index contributed by atoms with van der Waals surface area (Å²) in [5.74, 6) is -1.91. The Kier molecular flexibility index (Phi) is 4.15. The molecule has 2 rings (SSSR count). The van der Waals surface area contributed by atoms with E-state index in [1.807, 2.05) is 6.92 Å². The van der Waals surface area contributed by atoms with Crippen molar-refractivity contribution < 1.29 is 18.9 Å². The van der Waals surface area contributed by atoms with Crippen molar-refractivity contribution in [2.45, 2.75) is 13.3 Å². The molecule has 1 aliphatic rings. The Morgan fingerprint density at radius 3 is 2.86 bits per heavy atom. The van der Waals surface area contributed by atoms with Crippen LogP contribution in [0.4, 0.5) is 15.8 Å². The van der Waals surface area contributed by atoms with E-state index in [9.17, 15) is 24.1 Å². The van der Waals surface area contributed by atoms with Crippen molar-refractivity contribution >= 4 is 23.2 Å². The van der Waals surface area contributed by atoms with Gasteiger partial charge in [-0.15, -0.1) is 0 Å². The Morgan fingerprint density at radius 2 is 2.29 bits per heavy atom. The minimum atomic E-state index is -0.767. The largest absolute Gasteiger partial charge is 0.342 e. The average molecular weight is 295 g/mol. The average Bonchev–Trinajstić information content (AvgIpc) is 2.81. The fourth-order valence-corrected chi connectivity index (χ4v) is 2.25. The van der Waals surface area contributed by atoms with Gasteiger partial charge in [0.05, 0.1) is 16.9 Å². The number of nitrogens with zero attached hydrogens (tertiary/aromatic N) is 2. The standard InChI is InChI=1S/C13H14FN3O4/c1-2-16-7-8(5-12(16)18)13(19)15-10-4-3-9(14)6-11(10)17(20)21/h3-4,6,8H,2,5,7H2,1H3,(H,15,19). The third-order valence-corrected chi connectivity index (χ3v) is 3.38. The predicted molar refractivity (Wildman–Crippen MR) is 72.0 cm³/mol. The smallest absolute Gasteiger partial charge is 0.295 e. The van der Waals surface area contributed by atoms with Gasteiger partial charge in [0.1, 0.15) is 11.5 Å². The zero-order valence-corrected chi connectivity index (χ0v) is 11.3. The van der Waals surface area contributed by atoms with Crippen LogP contribution in [0.1, 0.15) is 13.3 Å². The fraction of sp³-hybridized carbons (Fsp3) is 0.385. The lowest BCUT2D eigenvalue weighted by Gasteiger charge is -2.13. The van der Waals surface area contributed by atoms with Gasteiger partial charge in [0, 0.05) is 19.5 Å². The molecule has 0 bridgehead atoms. The maximum atomic E-state index is 13.0. The van der Waals surface area contributed by atoms with Crippen LogP contribution in [0.5, 0.6) is 0 Å². The second-order valence-corrected chi connectivity index (χ2v) is 4.74. The van der Waals surface area contributed by atoms with E-state index in [1.54, 1.807) is 4.90 Å². The molecule has 21 heavy (non-hydrogen) atoms. The molecule has 0 radical (unpaired) electrons. The topological polar surface area (TPSA) is 92.6 Å². The molecule has 1 N–H and O–H groups in total. The fourth-order valence-electron chi connectivity index (χ4n) is 2.25. The number of carbonyl (C=O) groups excluding carboxylic acids is 2. The number of rotatable bonds is 4. The minimum absolute atomic E-state index is 0.0752. The van der Waals surface area contributed by atoms with Gasteiger partial charge in [-0.05, 0) is 19.1 Å². The number of benzene rings is 1. The van der Waals surface area contributed by atoms with E-state index in [0.717, 1.165) is 18.2 Å². The van der Waals surface area contributed by atoms with Gasteiger partial charge in [-0.2, -0.15) is 0 Å². The molecule has 0 saturated carbocycles. The maximum absolute atomic E-state index is 13.0. The van der Waals surface area contributed by atoms with Crippen LogP contribution >= 0.6 is 0 Å². The number of hydrogen-bond acceptors (Lipinski definition) is 4. The lowest BCUT2D eigenvalue weighted by Crippen LogP contribution is -2.28. The molecule has 1 aromatic rings. The number of halogens is 1. The van der Waals surface area contributed by atoms with Crippen molar-refractivity contribution in [3.63, 3.8) is 0 Å². The molecule has 0 aromatic heterocycles. The van der Waals surface area contributed by atoms with Crippen molar-refractivity contribution in [2.75, 3.05) is 18.4 Å². The van der Waals surface area contributed by atoms with E-state index in [4.69, 9.17) is 0 Å². The van der Waals surface area contributed by atoms with Gasteiger partial charge in [0.25, 0.3) is 5.69 Å². The first kappa shape index (κ1) is 14.9. The Balaban J connectivity index is 2.14. The van der Waals surface area contributed by atoms with E-state index in [1.165, 1.54) is 0 Å². The molecule has 1 fully saturated rings. The first-order chi connectivity index (χ1) is 9.92. The lowest BCUT2D eigenvalue weighted by molar-refractivity contribution is -0.384. The van der Waals surface area contributed by atoms with Gasteiger partial charge in [-0.25, -0.2) is 4.39 Å². The van der Waals surface area contributed by atoms with Crippen LogP contribution in [0.25, 0.3) is 0 Å². The summed E-state index contributed by atoms with van der Waals surface area (Å²) < 4.78 is 13.0. The Morgan fingerprint density at radius 1 is 1.57 bits per heavy atom. The molecule has 2 amide bonds. The molecule has 0 aliphatic carbocycles. The second-order valence-electron chi connectivity index (χ2n) is 4.74. The van der Waals surface area contributed by atoms with E-state index in [0.29, 0.717) is 6.54 Å². The molecule has 7 nitrogen and oxygen atoms in total. The number of nitrogens with one attached hydrogen (secondary N) is 1. The molecular formula is C13H14FN3O4. The zero-order chi connectivity index (χ0) is 15.6. The summed E-state index contributed by atoms with van der Waals surface area (Å²) in [6.07, 6.45) is 0.0780. The van der Waals surface area contributed by atoms with Crippen molar-refractivity contribution in [3.05, 3.63) is 34.1 Å². The Labute approximate surface area is 119 Å². The molecule has 1 atom stereocenters. The van der Waals surface area contributed by atoms with E-state index >= 15 is 0 Å². The summed E-state index contributed by atoms with van der Waals surface area (Å²) in [5, 5.41) is 13.3. The summed E-state index contributed by atoms with van der Waals surface area (Å²) in [7, 11) is 0. The summed E-state index contributed by atoms with van der Waals surface area (Å²) in [5.41, 5.74) is -0.589. The molecular weight excluding hydrogens is 281 g/mol. The normalized spacial score (nSPS) is 17.9. The number of anilines is 1. The van der Waals surface area contributed by atoms with Gasteiger partial charge in [0.2, 0.25) is 11.8 Å². The molecule has 1 aromatic carbocycles. The lowest BCUT2D eigenvalue weighted by atomic mass is 10.1. The van der Waals surface area contributed by atoms with Crippen LogP contribution < -0.4 is 5.32 Å². The molecule has 1 unspecified atom stereocenters. The van der Waals surface area contributed by atoms with E-state index in [-0.39, 0.29) is 24.6 Å². The summed E-state index contributed by atoms with van der Waals surface area (Å²) in [6.45, 7) is 2.61. The van der Waals surface area contributed by atoms with Crippen LogP contribution in [-0.4, -0.2) is 34.7 Å². The minimum Gasteiger partial charge on any atom is -0.342 e. The van der Waals surface area contributed by atoms with Crippen molar-refractivity contribution in [2.24, 2.45) is 5.92 Å². The van der Waals surface area contributed by atoms with Gasteiger partial charge in [-0.1, -0.05) is 0 Å². The van der Waals surface area contributed by atoms with Crippen LogP contribution in [0.15, 0.2) is 18.2 Å². The van der Waals surface area contributed by atoms with Crippen LogP contribution in [-0.2, 0) is 9.59 Å². The molecule has 1 aliphatic heterocycles. The molecule has 1 saturated heterocycles. The van der Waals surface area contributed by atoms with Crippen molar-refractivity contribution in [3.8, 4) is 0 Å². The molecule has 0 spiro atoms. The summed E-state index contributed by atoms with van der Waals surface area (Å²) >= 11 is 0. The SMILES string of the molecule is CCN1CC(C(=O)Nc2ccc(F)cc2[N+](=O)[O-])CC1=O. The van der Waals surface area contributed by atoms with Gasteiger partial charge >= 0.3 is 0 Å². The third kappa shape index (κ3) is 3.15. The van der Waals surface area contributed by atoms with Crippen LogP contribution in [0, 0.1) is 21.8 Å². The molecule has 112 valence electrons. The van der Waals surface area contributed by atoms with Crippen LogP contribution in [0.3, 0.4) is 0 Å². The first-order valence-corrected chi connectivity index (χ1v) is 6.45. The predicted octanol–water partition coefficient (Wildman–Crippen LogP) is 1.54. The molecule has 1 heterocycles. The number of nitro groups is 1. The first-order valence-electron chi connectivity index (χ1n) is 6.45. The Bertz CT molecular complexity index is 605.